The summed E-state index contributed by atoms with van der Waals surface area (Å²) in [6.07, 6.45) is 39.6. The maximum atomic E-state index is 9.61. The molecule has 0 saturated heterocycles. The van der Waals surface area contributed by atoms with Gasteiger partial charge in [-0.3, -0.25) is 0 Å². The zero-order valence-corrected chi connectivity index (χ0v) is 26.7. The van der Waals surface area contributed by atoms with Crippen LogP contribution >= 0.6 is 0 Å². The van der Waals surface area contributed by atoms with E-state index in [4.69, 9.17) is 0 Å². The van der Waals surface area contributed by atoms with E-state index in [1.54, 1.807) is 0 Å². The summed E-state index contributed by atoms with van der Waals surface area (Å²) >= 11 is 0. The molecule has 1 unspecified atom stereocenters. The van der Waals surface area contributed by atoms with Crippen molar-refractivity contribution in [3.05, 3.63) is 0 Å². The van der Waals surface area contributed by atoms with Crippen molar-refractivity contribution in [3.63, 3.8) is 0 Å². The van der Waals surface area contributed by atoms with E-state index in [0.717, 1.165) is 12.3 Å². The van der Waals surface area contributed by atoms with Crippen LogP contribution in [-0.4, -0.2) is 11.7 Å². The summed E-state index contributed by atoms with van der Waals surface area (Å²) in [7, 11) is 0. The molecule has 0 aliphatic heterocycles. The van der Waals surface area contributed by atoms with Gasteiger partial charge in [0, 0.05) is 6.61 Å². The maximum absolute atomic E-state index is 9.61. The molecule has 0 spiro atoms. The van der Waals surface area contributed by atoms with Crippen LogP contribution in [0.2, 0.25) is 0 Å². The Morgan fingerprint density at radius 2 is 0.676 bits per heavy atom. The van der Waals surface area contributed by atoms with Crippen molar-refractivity contribution in [1.29, 1.82) is 0 Å². The molecule has 0 aromatic carbocycles. The number of aliphatic hydroxyl groups is 1. The topological polar surface area (TPSA) is 55.2 Å². The second-order valence-corrected chi connectivity index (χ2v) is 12.9. The lowest BCUT2D eigenvalue weighted by Gasteiger charge is -2.34. The van der Waals surface area contributed by atoms with Crippen molar-refractivity contribution in [2.45, 2.75) is 207 Å². The molecule has 37 heavy (non-hydrogen) atoms. The summed E-state index contributed by atoms with van der Waals surface area (Å²) in [5.74, 6) is 0.792. The lowest BCUT2D eigenvalue weighted by atomic mass is 9.71. The number of aliphatic hydroxyl groups excluding tert-OH is 1. The van der Waals surface area contributed by atoms with Crippen LogP contribution in [-0.2, 0) is 0 Å². The minimum Gasteiger partial charge on any atom is -0.396 e. The Morgan fingerprint density at radius 1 is 0.432 bits per heavy atom. The lowest BCUT2D eigenvalue weighted by molar-refractivity contribution is 0.125. The molecule has 226 valence electrons. The number of hydrogen-bond acceptors (Lipinski definition) is 2. The van der Waals surface area contributed by atoms with E-state index in [9.17, 15) is 5.11 Å². The Balaban J connectivity index is 0. The minimum atomic E-state index is 0. The maximum Gasteiger partial charge on any atom is 0.0436 e. The molecule has 0 aromatic rings. The van der Waals surface area contributed by atoms with E-state index in [1.165, 1.54) is 173 Å². The van der Waals surface area contributed by atoms with Crippen LogP contribution in [0.5, 0.6) is 0 Å². The first-order chi connectivity index (χ1) is 17.6. The molecular weight excluding hydrogens is 450 g/mol. The smallest absolute Gasteiger partial charge is 0.0436 e. The summed E-state index contributed by atoms with van der Waals surface area (Å²) in [6.45, 7) is 9.78. The third-order valence-electron chi connectivity index (χ3n) is 8.92. The predicted molar refractivity (Wildman–Crippen MR) is 170 cm³/mol. The van der Waals surface area contributed by atoms with Crippen LogP contribution in [0.3, 0.4) is 0 Å². The summed E-state index contributed by atoms with van der Waals surface area (Å²) in [5, 5.41) is 9.61. The summed E-state index contributed by atoms with van der Waals surface area (Å²) in [6, 6.07) is 0. The third kappa shape index (κ3) is 27.3. The van der Waals surface area contributed by atoms with Gasteiger partial charge in [0.05, 0.1) is 0 Å². The molecule has 0 rings (SSSR count). The van der Waals surface area contributed by atoms with E-state index >= 15 is 0 Å². The van der Waals surface area contributed by atoms with Crippen molar-refractivity contribution in [3.8, 4) is 0 Å². The predicted octanol–water partition coefficient (Wildman–Crippen LogP) is 12.7. The first kappa shape index (κ1) is 39.1. The summed E-state index contributed by atoms with van der Waals surface area (Å²) in [4.78, 5) is 0. The molecule has 0 heterocycles. The highest BCUT2D eigenvalue weighted by atomic mass is 16.3. The molecule has 2 nitrogen and oxygen atoms in total. The van der Waals surface area contributed by atoms with Crippen LogP contribution in [0.1, 0.15) is 207 Å². The van der Waals surface area contributed by atoms with E-state index in [0.29, 0.717) is 12.0 Å². The summed E-state index contributed by atoms with van der Waals surface area (Å²) in [5.41, 5.74) is 0.295. The minimum absolute atomic E-state index is 0. The van der Waals surface area contributed by atoms with Gasteiger partial charge < -0.3 is 11.3 Å². The van der Waals surface area contributed by atoms with Gasteiger partial charge in [0.15, 0.2) is 0 Å². The number of rotatable bonds is 30. The van der Waals surface area contributed by atoms with Gasteiger partial charge in [-0.25, -0.2) is 0 Å². The van der Waals surface area contributed by atoms with Gasteiger partial charge in [-0.1, -0.05) is 188 Å². The highest BCUT2D eigenvalue weighted by molar-refractivity contribution is 4.78. The van der Waals surface area contributed by atoms with Gasteiger partial charge in [0.2, 0.25) is 0 Å². The van der Waals surface area contributed by atoms with Crippen LogP contribution in [0.4, 0.5) is 0 Å². The van der Waals surface area contributed by atoms with Crippen LogP contribution in [0.15, 0.2) is 0 Å². The fourth-order valence-electron chi connectivity index (χ4n) is 6.06. The molecular formula is C35H75NO. The van der Waals surface area contributed by atoms with E-state index in [-0.39, 0.29) is 6.15 Å². The molecule has 0 fully saturated rings. The van der Waals surface area contributed by atoms with Crippen molar-refractivity contribution < 1.29 is 5.11 Å². The average Bonchev–Trinajstić information content (AvgIpc) is 2.86. The molecule has 0 bridgehead atoms. The molecule has 0 aromatic heterocycles. The highest BCUT2D eigenvalue weighted by Crippen LogP contribution is 2.38. The molecule has 1 atom stereocenters. The summed E-state index contributed by atoms with van der Waals surface area (Å²) < 4.78 is 0. The molecule has 0 saturated carbocycles. The standard InChI is InChI=1S/C35H72O.H3N/c1-5-7-9-11-13-15-17-19-21-23-25-27-29-31-34(35(3,4)32-33-36)30-28-26-24-22-20-18-16-14-12-10-8-6-2;/h34,36H,5-33H2,1-4H3;1H3. The van der Waals surface area contributed by atoms with Crippen LogP contribution < -0.4 is 6.15 Å². The number of unbranched alkanes of at least 4 members (excludes halogenated alkanes) is 23. The number of hydrogen-bond donors (Lipinski definition) is 2. The lowest BCUT2D eigenvalue weighted by Crippen LogP contribution is -2.25. The quantitative estimate of drug-likeness (QED) is 0.0916. The highest BCUT2D eigenvalue weighted by Gasteiger charge is 2.27. The second kappa shape index (κ2) is 30.5. The van der Waals surface area contributed by atoms with Crippen LogP contribution in [0, 0.1) is 11.3 Å². The van der Waals surface area contributed by atoms with Gasteiger partial charge in [-0.15, -0.1) is 0 Å². The Kier molecular flexibility index (Phi) is 32.2. The molecule has 0 aliphatic carbocycles. The SMILES string of the molecule is CCCCCCCCCCCCCCCC(CCCCCCCCCCCCCC)C(C)(C)CCO.N. The second-order valence-electron chi connectivity index (χ2n) is 12.9. The molecule has 0 aliphatic rings. The zero-order valence-electron chi connectivity index (χ0n) is 26.7. The van der Waals surface area contributed by atoms with Gasteiger partial charge in [0.1, 0.15) is 0 Å². The van der Waals surface area contributed by atoms with Crippen LogP contribution in [0.25, 0.3) is 0 Å². The van der Waals surface area contributed by atoms with Gasteiger partial charge >= 0.3 is 0 Å². The monoisotopic (exact) mass is 526 g/mol. The van der Waals surface area contributed by atoms with Crippen molar-refractivity contribution >= 4 is 0 Å². The Labute approximate surface area is 236 Å². The third-order valence-corrected chi connectivity index (χ3v) is 8.92. The average molecular weight is 526 g/mol. The van der Waals surface area contributed by atoms with E-state index in [1.807, 2.05) is 0 Å². The molecule has 2 heteroatoms. The van der Waals surface area contributed by atoms with Gasteiger partial charge in [-0.05, 0) is 30.6 Å². The first-order valence-corrected chi connectivity index (χ1v) is 17.2. The molecule has 0 amide bonds. The fourth-order valence-corrected chi connectivity index (χ4v) is 6.06. The Morgan fingerprint density at radius 3 is 0.919 bits per heavy atom. The van der Waals surface area contributed by atoms with Gasteiger partial charge in [-0.2, -0.15) is 0 Å². The van der Waals surface area contributed by atoms with Gasteiger partial charge in [0.25, 0.3) is 0 Å². The van der Waals surface area contributed by atoms with Crippen molar-refractivity contribution in [2.24, 2.45) is 11.3 Å². The first-order valence-electron chi connectivity index (χ1n) is 17.2. The van der Waals surface area contributed by atoms with E-state index < -0.39 is 0 Å². The molecule has 4 N–H and O–H groups in total. The van der Waals surface area contributed by atoms with Crippen molar-refractivity contribution in [2.75, 3.05) is 6.61 Å². The zero-order chi connectivity index (χ0) is 26.6. The normalized spacial score (nSPS) is 12.6. The fraction of sp³-hybridized carbons (Fsp3) is 1.00. The Hall–Kier alpha value is -0.0800. The molecule has 0 radical (unpaired) electrons. The van der Waals surface area contributed by atoms with E-state index in [2.05, 4.69) is 27.7 Å². The van der Waals surface area contributed by atoms with Crippen molar-refractivity contribution in [1.82, 2.24) is 6.15 Å². The Bertz CT molecular complexity index is 408. The largest absolute Gasteiger partial charge is 0.396 e.